The number of pyridine rings is 1. The van der Waals surface area contributed by atoms with Crippen molar-refractivity contribution in [3.8, 4) is 11.4 Å². The van der Waals surface area contributed by atoms with Crippen molar-refractivity contribution in [2.24, 2.45) is 5.92 Å². The maximum absolute atomic E-state index is 12.2. The highest BCUT2D eigenvalue weighted by Gasteiger charge is 2.27. The number of amides is 1. The average molecular weight is 310 g/mol. The Morgan fingerprint density at radius 2 is 2.17 bits per heavy atom. The van der Waals surface area contributed by atoms with Gasteiger partial charge in [0.15, 0.2) is 5.82 Å². The molecule has 0 spiro atoms. The predicted octanol–water partition coefficient (Wildman–Crippen LogP) is 2.90. The van der Waals surface area contributed by atoms with E-state index >= 15 is 0 Å². The molecule has 5 heteroatoms. The zero-order valence-corrected chi connectivity index (χ0v) is 13.6. The van der Waals surface area contributed by atoms with Gasteiger partial charge >= 0.3 is 0 Å². The zero-order valence-electron chi connectivity index (χ0n) is 13.6. The van der Waals surface area contributed by atoms with Gasteiger partial charge in [-0.2, -0.15) is 0 Å². The number of likely N-dealkylation sites (tertiary alicyclic amines) is 1. The van der Waals surface area contributed by atoms with E-state index in [0.29, 0.717) is 5.82 Å². The van der Waals surface area contributed by atoms with Crippen LogP contribution in [0.4, 0.5) is 0 Å². The molecule has 3 rings (SSSR count). The third-order valence-corrected chi connectivity index (χ3v) is 4.24. The molecule has 120 valence electrons. The first-order chi connectivity index (χ1) is 11.1. The van der Waals surface area contributed by atoms with Crippen LogP contribution in [0.5, 0.6) is 0 Å². The summed E-state index contributed by atoms with van der Waals surface area (Å²) in [5, 5.41) is 0. The SMILES string of the molecule is CC(C)C(=O)N1CCCC(c2ccnc(-c3cccnc3)n2)C1. The molecule has 5 nitrogen and oxygen atoms in total. The second-order valence-corrected chi connectivity index (χ2v) is 6.32. The molecule has 0 bridgehead atoms. The van der Waals surface area contributed by atoms with Crippen molar-refractivity contribution in [2.75, 3.05) is 13.1 Å². The quantitative estimate of drug-likeness (QED) is 0.874. The molecule has 1 saturated heterocycles. The molecule has 0 radical (unpaired) electrons. The third kappa shape index (κ3) is 3.55. The number of nitrogens with zero attached hydrogens (tertiary/aromatic N) is 4. The molecule has 0 N–H and O–H groups in total. The largest absolute Gasteiger partial charge is 0.342 e. The van der Waals surface area contributed by atoms with Crippen LogP contribution >= 0.6 is 0 Å². The number of carbonyl (C=O) groups excluding carboxylic acids is 1. The molecule has 1 unspecified atom stereocenters. The Balaban J connectivity index is 1.80. The summed E-state index contributed by atoms with van der Waals surface area (Å²) in [5.74, 6) is 1.26. The fourth-order valence-corrected chi connectivity index (χ4v) is 3.02. The maximum Gasteiger partial charge on any atom is 0.225 e. The summed E-state index contributed by atoms with van der Waals surface area (Å²) in [6.45, 7) is 5.52. The van der Waals surface area contributed by atoms with Crippen LogP contribution in [0, 0.1) is 5.92 Å². The molecule has 1 aliphatic heterocycles. The van der Waals surface area contributed by atoms with Crippen molar-refractivity contribution in [2.45, 2.75) is 32.6 Å². The van der Waals surface area contributed by atoms with Gasteiger partial charge in [-0.25, -0.2) is 9.97 Å². The lowest BCUT2D eigenvalue weighted by atomic mass is 9.93. The molecule has 2 aromatic rings. The highest BCUT2D eigenvalue weighted by molar-refractivity contribution is 5.78. The van der Waals surface area contributed by atoms with Crippen molar-refractivity contribution in [1.82, 2.24) is 19.9 Å². The van der Waals surface area contributed by atoms with E-state index in [1.165, 1.54) is 0 Å². The Morgan fingerprint density at radius 1 is 1.30 bits per heavy atom. The molecule has 2 aromatic heterocycles. The van der Waals surface area contributed by atoms with Gasteiger partial charge in [0.25, 0.3) is 0 Å². The van der Waals surface area contributed by atoms with E-state index in [0.717, 1.165) is 37.2 Å². The predicted molar refractivity (Wildman–Crippen MR) is 88.7 cm³/mol. The molecular weight excluding hydrogens is 288 g/mol. The van der Waals surface area contributed by atoms with Gasteiger partial charge < -0.3 is 4.90 Å². The lowest BCUT2D eigenvalue weighted by Gasteiger charge is -2.33. The van der Waals surface area contributed by atoms with Crippen LogP contribution < -0.4 is 0 Å². The summed E-state index contributed by atoms with van der Waals surface area (Å²) in [6, 6.07) is 5.81. The van der Waals surface area contributed by atoms with E-state index in [9.17, 15) is 4.79 Å². The molecular formula is C18H22N4O. The molecule has 0 saturated carbocycles. The second-order valence-electron chi connectivity index (χ2n) is 6.32. The van der Waals surface area contributed by atoms with Crippen molar-refractivity contribution in [1.29, 1.82) is 0 Å². The first-order valence-electron chi connectivity index (χ1n) is 8.17. The fourth-order valence-electron chi connectivity index (χ4n) is 3.02. The summed E-state index contributed by atoms with van der Waals surface area (Å²) in [5.41, 5.74) is 1.93. The van der Waals surface area contributed by atoms with E-state index in [4.69, 9.17) is 4.98 Å². The first-order valence-corrected chi connectivity index (χ1v) is 8.17. The zero-order chi connectivity index (χ0) is 16.2. The average Bonchev–Trinajstić information content (AvgIpc) is 2.62. The van der Waals surface area contributed by atoms with Crippen LogP contribution in [0.15, 0.2) is 36.8 Å². The van der Waals surface area contributed by atoms with Crippen molar-refractivity contribution in [3.05, 3.63) is 42.5 Å². The highest BCUT2D eigenvalue weighted by Crippen LogP contribution is 2.27. The van der Waals surface area contributed by atoms with Gasteiger partial charge in [0.1, 0.15) is 0 Å². The molecule has 23 heavy (non-hydrogen) atoms. The number of carbonyl (C=O) groups is 1. The second kappa shape index (κ2) is 6.86. The monoisotopic (exact) mass is 310 g/mol. The van der Waals surface area contributed by atoms with Crippen LogP contribution in [0.3, 0.4) is 0 Å². The Morgan fingerprint density at radius 3 is 2.91 bits per heavy atom. The van der Waals surface area contributed by atoms with E-state index in [1.807, 2.05) is 36.9 Å². The van der Waals surface area contributed by atoms with Gasteiger partial charge in [0.2, 0.25) is 5.91 Å². The maximum atomic E-state index is 12.2. The lowest BCUT2D eigenvalue weighted by Crippen LogP contribution is -2.41. The minimum Gasteiger partial charge on any atom is -0.342 e. The van der Waals surface area contributed by atoms with Gasteiger partial charge in [-0.1, -0.05) is 13.8 Å². The van der Waals surface area contributed by atoms with Gasteiger partial charge in [-0.15, -0.1) is 0 Å². The third-order valence-electron chi connectivity index (χ3n) is 4.24. The standard InChI is InChI=1S/C18H22N4O/c1-13(2)18(23)22-10-4-6-15(12-22)16-7-9-20-17(21-16)14-5-3-8-19-11-14/h3,5,7-9,11,13,15H,4,6,10,12H2,1-2H3. The fraction of sp³-hybridized carbons (Fsp3) is 0.444. The van der Waals surface area contributed by atoms with E-state index in [1.54, 1.807) is 18.6 Å². The van der Waals surface area contributed by atoms with Crippen LogP contribution in [0.2, 0.25) is 0 Å². The number of piperidine rings is 1. The Hall–Kier alpha value is -2.30. The summed E-state index contributed by atoms with van der Waals surface area (Å²) in [6.07, 6.45) is 7.40. The highest BCUT2D eigenvalue weighted by atomic mass is 16.2. The van der Waals surface area contributed by atoms with Crippen molar-refractivity contribution in [3.63, 3.8) is 0 Å². The number of rotatable bonds is 3. The summed E-state index contributed by atoms with van der Waals surface area (Å²) >= 11 is 0. The topological polar surface area (TPSA) is 59.0 Å². The number of hydrogen-bond donors (Lipinski definition) is 0. The van der Waals surface area contributed by atoms with Crippen molar-refractivity contribution < 1.29 is 4.79 Å². The normalized spacial score (nSPS) is 18.2. The lowest BCUT2D eigenvalue weighted by molar-refractivity contribution is -0.135. The van der Waals surface area contributed by atoms with Crippen LogP contribution in [-0.2, 0) is 4.79 Å². The van der Waals surface area contributed by atoms with E-state index < -0.39 is 0 Å². The van der Waals surface area contributed by atoms with Crippen LogP contribution in [0.1, 0.15) is 38.3 Å². The van der Waals surface area contributed by atoms with E-state index in [2.05, 4.69) is 9.97 Å². The molecule has 1 aliphatic rings. The molecule has 1 fully saturated rings. The van der Waals surface area contributed by atoms with E-state index in [-0.39, 0.29) is 17.7 Å². The molecule has 1 atom stereocenters. The minimum atomic E-state index is 0.0464. The van der Waals surface area contributed by atoms with Crippen molar-refractivity contribution >= 4 is 5.91 Å². The van der Waals surface area contributed by atoms with Gasteiger partial charge in [0, 0.05) is 54.8 Å². The molecule has 0 aromatic carbocycles. The number of hydrogen-bond acceptors (Lipinski definition) is 4. The first kappa shape index (κ1) is 15.6. The molecule has 3 heterocycles. The molecule has 0 aliphatic carbocycles. The van der Waals surface area contributed by atoms with Gasteiger partial charge in [-0.3, -0.25) is 9.78 Å². The smallest absolute Gasteiger partial charge is 0.225 e. The Bertz CT molecular complexity index is 672. The Kier molecular flexibility index (Phi) is 4.65. The van der Waals surface area contributed by atoms with Crippen LogP contribution in [0.25, 0.3) is 11.4 Å². The summed E-state index contributed by atoms with van der Waals surface area (Å²) in [4.78, 5) is 27.4. The number of aromatic nitrogens is 3. The van der Waals surface area contributed by atoms with Gasteiger partial charge in [-0.05, 0) is 31.0 Å². The molecule has 1 amide bonds. The summed E-state index contributed by atoms with van der Waals surface area (Å²) in [7, 11) is 0. The summed E-state index contributed by atoms with van der Waals surface area (Å²) < 4.78 is 0. The van der Waals surface area contributed by atoms with Crippen LogP contribution in [-0.4, -0.2) is 38.8 Å². The van der Waals surface area contributed by atoms with Gasteiger partial charge in [0.05, 0.1) is 0 Å². The minimum absolute atomic E-state index is 0.0464. The Labute approximate surface area is 136 Å².